The van der Waals surface area contributed by atoms with E-state index in [1.54, 1.807) is 12.5 Å². The molecule has 2 aliphatic carbocycles. The molecule has 1 fully saturated rings. The summed E-state index contributed by atoms with van der Waals surface area (Å²) in [6, 6.07) is 17.0. The first-order valence-corrected chi connectivity index (χ1v) is 13.1. The van der Waals surface area contributed by atoms with Crippen LogP contribution in [0, 0.1) is 17.8 Å². The van der Waals surface area contributed by atoms with Gasteiger partial charge in [0.2, 0.25) is 0 Å². The molecule has 1 heterocycles. The molecule has 0 unspecified atom stereocenters. The quantitative estimate of drug-likeness (QED) is 0.380. The standard InChI is InChI=1S/C31H35N3O2/c1-2-13-30(36)14-15-31(21-24-7-4-3-5-8-24)27(22-30)11-9-25-20-26(10-12-28(25)31)29(35)33-16-6-18-34-19-17-32-23-34/h3-5,7-8,10,12,17,19-20,23,27,36H,6,9,11,14-16,18,21-22H2,1H3,(H,33,35)/t27-,30-,31+/m1/s1. The van der Waals surface area contributed by atoms with E-state index in [1.807, 2.05) is 23.8 Å². The first-order valence-electron chi connectivity index (χ1n) is 13.1. The first kappa shape index (κ1) is 24.3. The summed E-state index contributed by atoms with van der Waals surface area (Å²) >= 11 is 0. The number of nitrogens with zero attached hydrogens (tertiary/aromatic N) is 2. The molecule has 186 valence electrons. The van der Waals surface area contributed by atoms with Crippen molar-refractivity contribution >= 4 is 5.91 Å². The summed E-state index contributed by atoms with van der Waals surface area (Å²) in [5.41, 5.74) is 3.74. The van der Waals surface area contributed by atoms with Crippen molar-refractivity contribution in [1.82, 2.24) is 14.9 Å². The number of amides is 1. The third-order valence-corrected chi connectivity index (χ3v) is 8.17. The smallest absolute Gasteiger partial charge is 0.251 e. The number of benzene rings is 2. The number of aryl methyl sites for hydroxylation is 2. The average molecular weight is 482 g/mol. The first-order chi connectivity index (χ1) is 17.5. The SMILES string of the molecule is CC#C[C@@]1(O)CC[C@@]2(Cc3ccccc3)c3ccc(C(=O)NCCCn4ccnc4)cc3CC[C@@H]2C1. The second-order valence-electron chi connectivity index (χ2n) is 10.4. The van der Waals surface area contributed by atoms with Crippen molar-refractivity contribution in [2.24, 2.45) is 5.92 Å². The fourth-order valence-corrected chi connectivity index (χ4v) is 6.45. The van der Waals surface area contributed by atoms with Gasteiger partial charge >= 0.3 is 0 Å². The Morgan fingerprint density at radius 3 is 2.86 bits per heavy atom. The van der Waals surface area contributed by atoms with E-state index in [2.05, 4.69) is 64.6 Å². The number of aliphatic hydroxyl groups is 1. The molecule has 2 aromatic carbocycles. The lowest BCUT2D eigenvalue weighted by Gasteiger charge is -2.52. The van der Waals surface area contributed by atoms with Gasteiger partial charge in [-0.2, -0.15) is 0 Å². The van der Waals surface area contributed by atoms with Crippen molar-refractivity contribution < 1.29 is 9.90 Å². The number of carbonyl (C=O) groups is 1. The maximum Gasteiger partial charge on any atom is 0.251 e. The van der Waals surface area contributed by atoms with Gasteiger partial charge in [-0.1, -0.05) is 42.3 Å². The largest absolute Gasteiger partial charge is 0.378 e. The Balaban J connectivity index is 1.37. The lowest BCUT2D eigenvalue weighted by atomic mass is 9.52. The van der Waals surface area contributed by atoms with Crippen LogP contribution in [0.3, 0.4) is 0 Å². The predicted octanol–water partition coefficient (Wildman–Crippen LogP) is 4.68. The maximum absolute atomic E-state index is 12.9. The minimum absolute atomic E-state index is 0.0149. The molecule has 5 heteroatoms. The molecule has 0 spiro atoms. The van der Waals surface area contributed by atoms with E-state index in [4.69, 9.17) is 0 Å². The van der Waals surface area contributed by atoms with E-state index < -0.39 is 5.60 Å². The molecule has 3 aromatic rings. The molecule has 5 nitrogen and oxygen atoms in total. The number of hydrogen-bond donors (Lipinski definition) is 2. The Morgan fingerprint density at radius 2 is 2.08 bits per heavy atom. The van der Waals surface area contributed by atoms with Crippen LogP contribution in [0.25, 0.3) is 0 Å². The van der Waals surface area contributed by atoms with Gasteiger partial charge in [0.25, 0.3) is 5.91 Å². The minimum atomic E-state index is -0.895. The van der Waals surface area contributed by atoms with Crippen molar-refractivity contribution in [2.45, 2.75) is 69.4 Å². The van der Waals surface area contributed by atoms with Crippen molar-refractivity contribution in [2.75, 3.05) is 6.54 Å². The Morgan fingerprint density at radius 1 is 1.22 bits per heavy atom. The molecule has 2 N–H and O–H groups in total. The number of imidazole rings is 1. The second kappa shape index (κ2) is 10.3. The van der Waals surface area contributed by atoms with Crippen LogP contribution in [-0.4, -0.2) is 32.7 Å². The summed E-state index contributed by atoms with van der Waals surface area (Å²) in [4.78, 5) is 17.0. The highest BCUT2D eigenvalue weighted by Crippen LogP contribution is 2.54. The lowest BCUT2D eigenvalue weighted by Crippen LogP contribution is -2.51. The van der Waals surface area contributed by atoms with Crippen molar-refractivity contribution in [3.8, 4) is 11.8 Å². The van der Waals surface area contributed by atoms with Crippen LogP contribution in [0.2, 0.25) is 0 Å². The second-order valence-corrected chi connectivity index (χ2v) is 10.4. The molecule has 0 saturated heterocycles. The Labute approximate surface area is 214 Å². The molecule has 0 bridgehead atoms. The fraction of sp³-hybridized carbons (Fsp3) is 0.419. The van der Waals surface area contributed by atoms with Gasteiger partial charge in [0.05, 0.1) is 6.33 Å². The van der Waals surface area contributed by atoms with Crippen molar-refractivity contribution in [3.05, 3.63) is 89.5 Å². The Hall–Kier alpha value is -3.36. The van der Waals surface area contributed by atoms with Gasteiger partial charge in [-0.15, -0.1) is 5.92 Å². The van der Waals surface area contributed by atoms with Gasteiger partial charge in [0.1, 0.15) is 5.60 Å². The molecule has 1 aromatic heterocycles. The topological polar surface area (TPSA) is 67.2 Å². The van der Waals surface area contributed by atoms with Crippen LogP contribution in [0.5, 0.6) is 0 Å². The van der Waals surface area contributed by atoms with Gasteiger partial charge in [0, 0.05) is 36.5 Å². The highest BCUT2D eigenvalue weighted by molar-refractivity contribution is 5.94. The number of nitrogens with one attached hydrogen (secondary N) is 1. The molecule has 1 amide bonds. The van der Waals surface area contributed by atoms with E-state index in [9.17, 15) is 9.90 Å². The van der Waals surface area contributed by atoms with E-state index >= 15 is 0 Å². The number of fused-ring (bicyclic) bond motifs is 3. The van der Waals surface area contributed by atoms with Crippen LogP contribution < -0.4 is 5.32 Å². The molecule has 1 saturated carbocycles. The Kier molecular flexibility index (Phi) is 6.98. The summed E-state index contributed by atoms with van der Waals surface area (Å²) in [5, 5.41) is 14.3. The molecule has 2 aliphatic rings. The van der Waals surface area contributed by atoms with Crippen LogP contribution in [0.4, 0.5) is 0 Å². The lowest BCUT2D eigenvalue weighted by molar-refractivity contribution is -0.00801. The fourth-order valence-electron chi connectivity index (χ4n) is 6.45. The van der Waals surface area contributed by atoms with E-state index in [0.29, 0.717) is 25.3 Å². The monoisotopic (exact) mass is 481 g/mol. The summed E-state index contributed by atoms with van der Waals surface area (Å²) in [6.07, 6.45) is 11.5. The van der Waals surface area contributed by atoms with Crippen LogP contribution in [0.15, 0.2) is 67.3 Å². The number of aromatic nitrogens is 2. The molecule has 3 atom stereocenters. The zero-order chi connectivity index (χ0) is 25.0. The predicted molar refractivity (Wildman–Crippen MR) is 142 cm³/mol. The normalized spacial score (nSPS) is 24.7. The molecular weight excluding hydrogens is 446 g/mol. The van der Waals surface area contributed by atoms with Crippen LogP contribution in [0.1, 0.15) is 66.1 Å². The van der Waals surface area contributed by atoms with Gasteiger partial charge < -0.3 is 15.0 Å². The highest BCUT2D eigenvalue weighted by atomic mass is 16.3. The number of carbonyl (C=O) groups excluding carboxylic acids is 1. The third kappa shape index (κ3) is 4.96. The molecule has 0 radical (unpaired) electrons. The van der Waals surface area contributed by atoms with E-state index in [1.165, 1.54) is 16.7 Å². The van der Waals surface area contributed by atoms with Gasteiger partial charge in [0.15, 0.2) is 0 Å². The molecule has 5 rings (SSSR count). The zero-order valence-electron chi connectivity index (χ0n) is 21.0. The Bertz CT molecular complexity index is 1260. The summed E-state index contributed by atoms with van der Waals surface area (Å²) in [6.45, 7) is 3.28. The van der Waals surface area contributed by atoms with Gasteiger partial charge in [-0.25, -0.2) is 4.98 Å². The number of hydrogen-bond acceptors (Lipinski definition) is 3. The molecular formula is C31H35N3O2. The number of rotatable bonds is 7. The highest BCUT2D eigenvalue weighted by Gasteiger charge is 2.51. The maximum atomic E-state index is 12.9. The summed E-state index contributed by atoms with van der Waals surface area (Å²) in [5.74, 6) is 6.40. The van der Waals surface area contributed by atoms with Crippen LogP contribution >= 0.6 is 0 Å². The van der Waals surface area contributed by atoms with Crippen molar-refractivity contribution in [3.63, 3.8) is 0 Å². The molecule has 0 aliphatic heterocycles. The van der Waals surface area contributed by atoms with Crippen molar-refractivity contribution in [1.29, 1.82) is 0 Å². The average Bonchev–Trinajstić information content (AvgIpc) is 3.41. The summed E-state index contributed by atoms with van der Waals surface area (Å²) in [7, 11) is 0. The zero-order valence-corrected chi connectivity index (χ0v) is 21.0. The summed E-state index contributed by atoms with van der Waals surface area (Å²) < 4.78 is 2.02. The van der Waals surface area contributed by atoms with Gasteiger partial charge in [-0.3, -0.25) is 4.79 Å². The molecule has 36 heavy (non-hydrogen) atoms. The van der Waals surface area contributed by atoms with Crippen LogP contribution in [-0.2, 0) is 24.8 Å². The van der Waals surface area contributed by atoms with E-state index in [0.717, 1.165) is 44.2 Å². The third-order valence-electron chi connectivity index (χ3n) is 8.17. The van der Waals surface area contributed by atoms with Gasteiger partial charge in [-0.05, 0) is 86.6 Å². The van der Waals surface area contributed by atoms with E-state index in [-0.39, 0.29) is 11.3 Å². The minimum Gasteiger partial charge on any atom is -0.378 e.